The summed E-state index contributed by atoms with van der Waals surface area (Å²) in [6, 6.07) is 5.81. The molecular formula is C16H18FNO3. The highest BCUT2D eigenvalue weighted by Crippen LogP contribution is 2.33. The average molecular weight is 291 g/mol. The van der Waals surface area contributed by atoms with Crippen molar-refractivity contribution in [1.82, 2.24) is 4.90 Å². The van der Waals surface area contributed by atoms with E-state index >= 15 is 0 Å². The third-order valence-corrected chi connectivity index (χ3v) is 4.13. The SMILES string of the molecule is O=C(C1=COCCC1)N1CCC(O)(c2ccc(F)cc2)C1. The molecule has 0 bridgehead atoms. The van der Waals surface area contributed by atoms with Gasteiger partial charge in [0.25, 0.3) is 5.91 Å². The molecule has 4 nitrogen and oxygen atoms in total. The van der Waals surface area contributed by atoms with Crippen molar-refractivity contribution in [3.05, 3.63) is 47.5 Å². The van der Waals surface area contributed by atoms with Crippen LogP contribution in [0.25, 0.3) is 0 Å². The molecule has 5 heteroatoms. The number of halogens is 1. The van der Waals surface area contributed by atoms with Gasteiger partial charge in [-0.25, -0.2) is 4.39 Å². The van der Waals surface area contributed by atoms with Crippen molar-refractivity contribution in [2.75, 3.05) is 19.7 Å². The standard InChI is InChI=1S/C16H18FNO3/c17-14-5-3-13(4-6-14)16(20)7-8-18(11-16)15(19)12-2-1-9-21-10-12/h3-6,10,20H,1-2,7-9,11H2. The van der Waals surface area contributed by atoms with Crippen LogP contribution < -0.4 is 0 Å². The molecule has 1 aromatic rings. The predicted molar refractivity (Wildman–Crippen MR) is 74.8 cm³/mol. The summed E-state index contributed by atoms with van der Waals surface area (Å²) in [7, 11) is 0. The average Bonchev–Trinajstić information content (AvgIpc) is 2.92. The fourth-order valence-corrected chi connectivity index (χ4v) is 2.89. The molecule has 3 rings (SSSR count). The molecule has 1 aromatic carbocycles. The van der Waals surface area contributed by atoms with Gasteiger partial charge in [-0.05, 0) is 37.0 Å². The number of hydrogen-bond donors (Lipinski definition) is 1. The first-order chi connectivity index (χ1) is 10.1. The Labute approximate surface area is 122 Å². The Hall–Kier alpha value is -1.88. The van der Waals surface area contributed by atoms with Gasteiger partial charge in [0.15, 0.2) is 0 Å². The van der Waals surface area contributed by atoms with E-state index in [-0.39, 0.29) is 18.3 Å². The molecule has 0 saturated carbocycles. The van der Waals surface area contributed by atoms with Gasteiger partial charge in [-0.15, -0.1) is 0 Å². The molecule has 1 atom stereocenters. The molecule has 1 N–H and O–H groups in total. The number of carbonyl (C=O) groups excluding carboxylic acids is 1. The second-order valence-corrected chi connectivity index (χ2v) is 5.63. The van der Waals surface area contributed by atoms with Gasteiger partial charge in [-0.1, -0.05) is 12.1 Å². The van der Waals surface area contributed by atoms with Crippen molar-refractivity contribution in [2.45, 2.75) is 24.9 Å². The van der Waals surface area contributed by atoms with Gasteiger partial charge in [-0.3, -0.25) is 4.79 Å². The second kappa shape index (κ2) is 5.48. The molecule has 2 aliphatic rings. The Morgan fingerprint density at radius 3 is 2.76 bits per heavy atom. The number of carbonyl (C=O) groups is 1. The van der Waals surface area contributed by atoms with Crippen molar-refractivity contribution in [2.24, 2.45) is 0 Å². The molecule has 112 valence electrons. The highest BCUT2D eigenvalue weighted by Gasteiger charge is 2.40. The molecule has 0 radical (unpaired) electrons. The number of hydrogen-bond acceptors (Lipinski definition) is 3. The van der Waals surface area contributed by atoms with Crippen LogP contribution >= 0.6 is 0 Å². The summed E-state index contributed by atoms with van der Waals surface area (Å²) in [6.45, 7) is 1.37. The number of rotatable bonds is 2. The maximum absolute atomic E-state index is 13.0. The van der Waals surface area contributed by atoms with E-state index in [0.717, 1.165) is 6.42 Å². The van der Waals surface area contributed by atoms with E-state index in [1.165, 1.54) is 18.4 Å². The minimum absolute atomic E-state index is 0.0762. The van der Waals surface area contributed by atoms with E-state index in [1.807, 2.05) is 0 Å². The molecule has 2 aliphatic heterocycles. The summed E-state index contributed by atoms with van der Waals surface area (Å²) in [5.74, 6) is -0.412. The number of aliphatic hydroxyl groups is 1. The third-order valence-electron chi connectivity index (χ3n) is 4.13. The Bertz CT molecular complexity index is 569. The molecule has 1 unspecified atom stereocenters. The highest BCUT2D eigenvalue weighted by atomic mass is 19.1. The number of likely N-dealkylation sites (tertiary alicyclic amines) is 1. The Morgan fingerprint density at radius 1 is 1.33 bits per heavy atom. The zero-order chi connectivity index (χ0) is 14.9. The van der Waals surface area contributed by atoms with E-state index in [2.05, 4.69) is 0 Å². The van der Waals surface area contributed by atoms with Gasteiger partial charge < -0.3 is 14.7 Å². The topological polar surface area (TPSA) is 49.8 Å². The zero-order valence-electron chi connectivity index (χ0n) is 11.7. The van der Waals surface area contributed by atoms with Gasteiger partial charge in [0.05, 0.1) is 25.0 Å². The fraction of sp³-hybridized carbons (Fsp3) is 0.438. The third kappa shape index (κ3) is 2.78. The van der Waals surface area contributed by atoms with Crippen LogP contribution in [0.1, 0.15) is 24.8 Å². The van der Waals surface area contributed by atoms with E-state index in [0.29, 0.717) is 37.1 Å². The lowest BCUT2D eigenvalue weighted by atomic mass is 9.93. The number of amides is 1. The van der Waals surface area contributed by atoms with E-state index < -0.39 is 5.60 Å². The Balaban J connectivity index is 1.73. The summed E-state index contributed by atoms with van der Waals surface area (Å²) in [4.78, 5) is 14.0. The van der Waals surface area contributed by atoms with Crippen LogP contribution in [0.2, 0.25) is 0 Å². The van der Waals surface area contributed by atoms with Crippen LogP contribution in [0.15, 0.2) is 36.1 Å². The van der Waals surface area contributed by atoms with E-state index in [9.17, 15) is 14.3 Å². The summed E-state index contributed by atoms with van der Waals surface area (Å²) in [5.41, 5.74) is 0.206. The lowest BCUT2D eigenvalue weighted by Crippen LogP contribution is -2.35. The largest absolute Gasteiger partial charge is 0.501 e. The van der Waals surface area contributed by atoms with E-state index in [4.69, 9.17) is 4.74 Å². The van der Waals surface area contributed by atoms with Crippen LogP contribution in [0, 0.1) is 5.82 Å². The molecule has 0 aliphatic carbocycles. The molecular weight excluding hydrogens is 273 g/mol. The predicted octanol–water partition coefficient (Wildman–Crippen LogP) is 1.94. The quantitative estimate of drug-likeness (QED) is 0.906. The number of β-amino-alcohol motifs (C(OH)–C–C–N with tert-alkyl or cyclic N) is 1. The summed E-state index contributed by atoms with van der Waals surface area (Å²) in [6.07, 6.45) is 3.54. The molecule has 1 saturated heterocycles. The fourth-order valence-electron chi connectivity index (χ4n) is 2.89. The molecule has 1 amide bonds. The zero-order valence-corrected chi connectivity index (χ0v) is 11.7. The number of nitrogens with zero attached hydrogens (tertiary/aromatic N) is 1. The lowest BCUT2D eigenvalue weighted by molar-refractivity contribution is -0.127. The summed E-state index contributed by atoms with van der Waals surface area (Å²) >= 11 is 0. The van der Waals surface area contributed by atoms with Crippen LogP contribution in [0.4, 0.5) is 4.39 Å². The second-order valence-electron chi connectivity index (χ2n) is 5.63. The first-order valence-corrected chi connectivity index (χ1v) is 7.17. The maximum Gasteiger partial charge on any atom is 0.252 e. The number of ether oxygens (including phenoxy) is 1. The minimum Gasteiger partial charge on any atom is -0.501 e. The van der Waals surface area contributed by atoms with Crippen molar-refractivity contribution >= 4 is 5.91 Å². The van der Waals surface area contributed by atoms with Gasteiger partial charge >= 0.3 is 0 Å². The van der Waals surface area contributed by atoms with Crippen molar-refractivity contribution in [3.8, 4) is 0 Å². The van der Waals surface area contributed by atoms with Crippen LogP contribution in [-0.2, 0) is 15.1 Å². The summed E-state index contributed by atoms with van der Waals surface area (Å²) in [5, 5.41) is 10.7. The number of benzene rings is 1. The maximum atomic E-state index is 13.0. The monoisotopic (exact) mass is 291 g/mol. The lowest BCUT2D eigenvalue weighted by Gasteiger charge is -2.25. The van der Waals surface area contributed by atoms with Gasteiger partial charge in [-0.2, -0.15) is 0 Å². The van der Waals surface area contributed by atoms with Crippen molar-refractivity contribution < 1.29 is 19.0 Å². The summed E-state index contributed by atoms with van der Waals surface area (Å²) < 4.78 is 18.2. The van der Waals surface area contributed by atoms with Crippen LogP contribution in [0.3, 0.4) is 0 Å². The Morgan fingerprint density at radius 2 is 2.10 bits per heavy atom. The van der Waals surface area contributed by atoms with Crippen molar-refractivity contribution in [1.29, 1.82) is 0 Å². The van der Waals surface area contributed by atoms with Crippen LogP contribution in [0.5, 0.6) is 0 Å². The highest BCUT2D eigenvalue weighted by molar-refractivity contribution is 5.93. The van der Waals surface area contributed by atoms with Crippen molar-refractivity contribution in [3.63, 3.8) is 0 Å². The molecule has 0 spiro atoms. The molecule has 2 heterocycles. The smallest absolute Gasteiger partial charge is 0.252 e. The minimum atomic E-state index is -1.10. The van der Waals surface area contributed by atoms with Gasteiger partial charge in [0.1, 0.15) is 11.4 Å². The van der Waals surface area contributed by atoms with Gasteiger partial charge in [0, 0.05) is 6.54 Å². The van der Waals surface area contributed by atoms with Gasteiger partial charge in [0.2, 0.25) is 0 Å². The van der Waals surface area contributed by atoms with E-state index in [1.54, 1.807) is 17.0 Å². The first kappa shape index (κ1) is 14.1. The molecule has 21 heavy (non-hydrogen) atoms. The molecule has 1 fully saturated rings. The molecule has 0 aromatic heterocycles. The first-order valence-electron chi connectivity index (χ1n) is 7.17. The normalized spacial score (nSPS) is 25.4. The Kier molecular flexibility index (Phi) is 3.68. The van der Waals surface area contributed by atoms with Crippen LogP contribution in [-0.4, -0.2) is 35.6 Å².